The number of esters is 1. The Labute approximate surface area is 129 Å². The average Bonchev–Trinajstić information content (AvgIpc) is 2.50. The monoisotopic (exact) mass is 299 g/mol. The fourth-order valence-corrected chi connectivity index (χ4v) is 3.30. The van der Waals surface area contributed by atoms with Crippen molar-refractivity contribution in [3.63, 3.8) is 0 Å². The van der Waals surface area contributed by atoms with Gasteiger partial charge in [-0.15, -0.1) is 0 Å². The number of β-amino-alcohol motifs (C(OH)–C–C–N with tert-alkyl or cyclic N) is 1. The van der Waals surface area contributed by atoms with Crippen LogP contribution in [0.25, 0.3) is 0 Å². The van der Waals surface area contributed by atoms with Gasteiger partial charge in [0.2, 0.25) is 0 Å². The zero-order chi connectivity index (χ0) is 15.9. The van der Waals surface area contributed by atoms with E-state index in [0.717, 1.165) is 32.1 Å². The molecule has 1 saturated carbocycles. The van der Waals surface area contributed by atoms with Crippen LogP contribution in [0.4, 0.5) is 0 Å². The molecule has 0 heterocycles. The van der Waals surface area contributed by atoms with Gasteiger partial charge >= 0.3 is 5.97 Å². The molecule has 0 amide bonds. The van der Waals surface area contributed by atoms with E-state index in [9.17, 15) is 9.90 Å². The molecule has 1 rings (SSSR count). The van der Waals surface area contributed by atoms with Gasteiger partial charge in [0.15, 0.2) is 0 Å². The zero-order valence-corrected chi connectivity index (χ0v) is 14.2. The predicted octanol–water partition coefficient (Wildman–Crippen LogP) is 3.03. The van der Waals surface area contributed by atoms with Crippen LogP contribution in [0.3, 0.4) is 0 Å². The summed E-state index contributed by atoms with van der Waals surface area (Å²) in [4.78, 5) is 11.7. The van der Waals surface area contributed by atoms with Gasteiger partial charge < -0.3 is 15.2 Å². The molecule has 0 saturated heterocycles. The maximum Gasteiger partial charge on any atom is 0.308 e. The normalized spacial score (nSPS) is 26.6. The number of carbonyl (C=O) groups excluding carboxylic acids is 1. The van der Waals surface area contributed by atoms with Gasteiger partial charge in [-0.25, -0.2) is 0 Å². The molecule has 0 radical (unpaired) electrons. The molecule has 0 aromatic carbocycles. The maximum atomic E-state index is 11.7. The summed E-state index contributed by atoms with van der Waals surface area (Å²) in [6, 6.07) is 0. The molecule has 0 spiro atoms. The Balaban J connectivity index is 2.49. The first-order chi connectivity index (χ1) is 9.94. The number of carbonyl (C=O) groups is 1. The topological polar surface area (TPSA) is 58.6 Å². The number of rotatable bonds is 8. The summed E-state index contributed by atoms with van der Waals surface area (Å²) in [6.07, 6.45) is 6.03. The highest BCUT2D eigenvalue weighted by Crippen LogP contribution is 2.33. The Bertz CT molecular complexity index is 310. The fraction of sp³-hybridized carbons (Fsp3) is 0.941. The number of ether oxygens (including phenoxy) is 1. The smallest absolute Gasteiger partial charge is 0.308 e. The summed E-state index contributed by atoms with van der Waals surface area (Å²) < 4.78 is 5.08. The van der Waals surface area contributed by atoms with Gasteiger partial charge in [-0.05, 0) is 51.9 Å². The minimum Gasteiger partial charge on any atom is -0.466 e. The molecule has 1 aliphatic rings. The fourth-order valence-electron chi connectivity index (χ4n) is 3.30. The minimum absolute atomic E-state index is 0.0292. The van der Waals surface area contributed by atoms with Crippen molar-refractivity contribution < 1.29 is 14.6 Å². The molecular formula is C17H33NO3. The van der Waals surface area contributed by atoms with E-state index in [1.807, 2.05) is 6.92 Å². The Morgan fingerprint density at radius 3 is 2.14 bits per heavy atom. The number of nitrogens with one attached hydrogen (secondary N) is 1. The molecule has 2 N–H and O–H groups in total. The zero-order valence-electron chi connectivity index (χ0n) is 14.2. The third-order valence-electron chi connectivity index (χ3n) is 5.36. The van der Waals surface area contributed by atoms with Gasteiger partial charge in [0.1, 0.15) is 0 Å². The Hall–Kier alpha value is -0.610. The van der Waals surface area contributed by atoms with E-state index in [4.69, 9.17) is 4.74 Å². The summed E-state index contributed by atoms with van der Waals surface area (Å²) in [7, 11) is 0. The van der Waals surface area contributed by atoms with E-state index in [2.05, 4.69) is 26.1 Å². The van der Waals surface area contributed by atoms with Crippen LogP contribution < -0.4 is 5.32 Å². The number of hydrogen-bond acceptors (Lipinski definition) is 4. The van der Waals surface area contributed by atoms with Gasteiger partial charge in [-0.2, -0.15) is 0 Å². The molecule has 0 atom stereocenters. The summed E-state index contributed by atoms with van der Waals surface area (Å²) in [5, 5.41) is 14.3. The number of aliphatic hydroxyl groups is 1. The minimum atomic E-state index is -0.673. The van der Waals surface area contributed by atoms with Crippen LogP contribution in [-0.2, 0) is 9.53 Å². The molecule has 1 fully saturated rings. The van der Waals surface area contributed by atoms with Gasteiger partial charge in [-0.1, -0.05) is 20.8 Å². The third kappa shape index (κ3) is 4.96. The molecule has 124 valence electrons. The van der Waals surface area contributed by atoms with E-state index in [-0.39, 0.29) is 17.4 Å². The molecule has 0 unspecified atom stereocenters. The molecule has 0 aromatic heterocycles. The van der Waals surface area contributed by atoms with Crippen LogP contribution in [0, 0.1) is 5.92 Å². The summed E-state index contributed by atoms with van der Waals surface area (Å²) >= 11 is 0. The quantitative estimate of drug-likeness (QED) is 0.676. The van der Waals surface area contributed by atoms with E-state index in [0.29, 0.717) is 26.0 Å². The molecule has 4 nitrogen and oxygen atoms in total. The third-order valence-corrected chi connectivity index (χ3v) is 5.36. The lowest BCUT2D eigenvalue weighted by Crippen LogP contribution is -2.52. The van der Waals surface area contributed by atoms with Crippen molar-refractivity contribution in [3.8, 4) is 0 Å². The van der Waals surface area contributed by atoms with Gasteiger partial charge in [0.05, 0.1) is 18.1 Å². The summed E-state index contributed by atoms with van der Waals surface area (Å²) in [6.45, 7) is 9.48. The van der Waals surface area contributed by atoms with Crippen LogP contribution in [0.2, 0.25) is 0 Å². The Kier molecular flexibility index (Phi) is 7.14. The maximum absolute atomic E-state index is 11.7. The first kappa shape index (κ1) is 18.4. The number of hydrogen-bond donors (Lipinski definition) is 2. The Morgan fingerprint density at radius 2 is 1.71 bits per heavy atom. The van der Waals surface area contributed by atoms with Crippen LogP contribution in [0.5, 0.6) is 0 Å². The van der Waals surface area contributed by atoms with E-state index >= 15 is 0 Å². The van der Waals surface area contributed by atoms with E-state index < -0.39 is 5.60 Å². The first-order valence-electron chi connectivity index (χ1n) is 8.58. The average molecular weight is 299 g/mol. The molecule has 0 aliphatic heterocycles. The summed E-state index contributed by atoms with van der Waals surface area (Å²) in [5.74, 6) is -0.129. The second kappa shape index (κ2) is 8.14. The second-order valence-corrected chi connectivity index (χ2v) is 6.45. The van der Waals surface area contributed by atoms with Crippen molar-refractivity contribution in [1.82, 2.24) is 5.32 Å². The lowest BCUT2D eigenvalue weighted by molar-refractivity contribution is -0.151. The van der Waals surface area contributed by atoms with Crippen molar-refractivity contribution >= 4 is 5.97 Å². The van der Waals surface area contributed by atoms with E-state index in [1.54, 1.807) is 0 Å². The van der Waals surface area contributed by atoms with Gasteiger partial charge in [0.25, 0.3) is 0 Å². The van der Waals surface area contributed by atoms with Crippen molar-refractivity contribution in [3.05, 3.63) is 0 Å². The van der Waals surface area contributed by atoms with Crippen molar-refractivity contribution in [1.29, 1.82) is 0 Å². The standard InChI is InChI=1S/C17H33NO3/c1-5-16(6-2,7-3)18-13-17(20)11-9-14(10-12-17)15(19)21-8-4/h14,18,20H,5-13H2,1-4H3. The van der Waals surface area contributed by atoms with Crippen LogP contribution in [-0.4, -0.2) is 35.4 Å². The van der Waals surface area contributed by atoms with Crippen LogP contribution >= 0.6 is 0 Å². The molecule has 0 bridgehead atoms. The lowest BCUT2D eigenvalue weighted by atomic mass is 9.78. The van der Waals surface area contributed by atoms with Gasteiger partial charge in [-0.3, -0.25) is 4.79 Å². The SMILES string of the molecule is CCOC(=O)C1CCC(O)(CNC(CC)(CC)CC)CC1. The largest absolute Gasteiger partial charge is 0.466 e. The van der Waals surface area contributed by atoms with Crippen molar-refractivity contribution in [2.45, 2.75) is 83.8 Å². The summed E-state index contributed by atoms with van der Waals surface area (Å²) in [5.41, 5.74) is -0.540. The van der Waals surface area contributed by atoms with Crippen molar-refractivity contribution in [2.75, 3.05) is 13.2 Å². The lowest BCUT2D eigenvalue weighted by Gasteiger charge is -2.40. The predicted molar refractivity (Wildman–Crippen MR) is 85.1 cm³/mol. The van der Waals surface area contributed by atoms with Crippen LogP contribution in [0.15, 0.2) is 0 Å². The highest BCUT2D eigenvalue weighted by molar-refractivity contribution is 5.72. The highest BCUT2D eigenvalue weighted by Gasteiger charge is 2.37. The molecule has 0 aromatic rings. The molecule has 4 heteroatoms. The molecular weight excluding hydrogens is 266 g/mol. The first-order valence-corrected chi connectivity index (χ1v) is 8.58. The molecule has 21 heavy (non-hydrogen) atoms. The highest BCUT2D eigenvalue weighted by atomic mass is 16.5. The molecule has 1 aliphatic carbocycles. The van der Waals surface area contributed by atoms with Crippen molar-refractivity contribution in [2.24, 2.45) is 5.92 Å². The van der Waals surface area contributed by atoms with Crippen LogP contribution in [0.1, 0.15) is 72.6 Å². The second-order valence-electron chi connectivity index (χ2n) is 6.45. The Morgan fingerprint density at radius 1 is 1.19 bits per heavy atom. The van der Waals surface area contributed by atoms with E-state index in [1.165, 1.54) is 0 Å². The van der Waals surface area contributed by atoms with Gasteiger partial charge in [0, 0.05) is 12.1 Å².